The van der Waals surface area contributed by atoms with Crippen molar-refractivity contribution >= 4 is 16.3 Å². The number of rotatable bonds is 6. The van der Waals surface area contributed by atoms with Crippen molar-refractivity contribution in [2.45, 2.75) is 28.0 Å². The quantitative estimate of drug-likeness (QED) is 0.341. The highest BCUT2D eigenvalue weighted by molar-refractivity contribution is 8.30. The van der Waals surface area contributed by atoms with Crippen LogP contribution in [0.4, 0.5) is 0 Å². The van der Waals surface area contributed by atoms with E-state index in [1.54, 1.807) is 0 Å². The molecule has 0 saturated carbocycles. The van der Waals surface area contributed by atoms with E-state index in [0.717, 1.165) is 20.2 Å². The van der Waals surface area contributed by atoms with Crippen LogP contribution in [0, 0.1) is 6.92 Å². The number of benzene rings is 4. The first-order chi connectivity index (χ1) is 14.7. The summed E-state index contributed by atoms with van der Waals surface area (Å²) in [4.78, 5) is 16.2. The maximum Gasteiger partial charge on any atom is 0.321 e. The van der Waals surface area contributed by atoms with Crippen LogP contribution in [-0.2, 0) is 15.4 Å². The lowest BCUT2D eigenvalue weighted by Crippen LogP contribution is -2.15. The third kappa shape index (κ3) is 4.17. The fourth-order valence-electron chi connectivity index (χ4n) is 3.43. The summed E-state index contributed by atoms with van der Waals surface area (Å²) in [5.74, 6) is -0.231. The predicted molar refractivity (Wildman–Crippen MR) is 123 cm³/mol. The maximum atomic E-state index is 13.2. The van der Waals surface area contributed by atoms with Crippen LogP contribution in [0.5, 0.6) is 0 Å². The molecule has 30 heavy (non-hydrogen) atoms. The van der Waals surface area contributed by atoms with Crippen molar-refractivity contribution in [3.8, 4) is 0 Å². The molecule has 0 heterocycles. The molecule has 0 radical (unpaired) electrons. The SMILES string of the molecule is Cc1ccc(CC(=O)OS(c2ccccc2)(c2ccccc2)c2ccccc2)cc1. The van der Waals surface area contributed by atoms with Gasteiger partial charge < -0.3 is 4.18 Å². The third-order valence-electron chi connectivity index (χ3n) is 4.91. The van der Waals surface area contributed by atoms with Crippen LogP contribution in [-0.4, -0.2) is 5.97 Å². The van der Waals surface area contributed by atoms with Gasteiger partial charge in [0.15, 0.2) is 0 Å². The molecule has 4 rings (SSSR count). The van der Waals surface area contributed by atoms with Gasteiger partial charge in [-0.3, -0.25) is 4.79 Å². The fraction of sp³-hybridized carbons (Fsp3) is 0.0741. The zero-order valence-corrected chi connectivity index (χ0v) is 17.7. The molecule has 0 spiro atoms. The summed E-state index contributed by atoms with van der Waals surface area (Å²) < 4.78 is 6.47. The van der Waals surface area contributed by atoms with Gasteiger partial charge in [0.25, 0.3) is 0 Å². The molecule has 3 heteroatoms. The molecule has 0 amide bonds. The summed E-state index contributed by atoms with van der Waals surface area (Å²) in [6.07, 6.45) is 0.238. The first-order valence-electron chi connectivity index (χ1n) is 9.95. The number of aryl methyl sites for hydroxylation is 1. The summed E-state index contributed by atoms with van der Waals surface area (Å²) >= 11 is 0. The predicted octanol–water partition coefficient (Wildman–Crippen LogP) is 6.98. The Kier molecular flexibility index (Phi) is 6.01. The fourth-order valence-corrected chi connectivity index (χ4v) is 6.49. The van der Waals surface area contributed by atoms with Crippen molar-refractivity contribution < 1.29 is 8.98 Å². The molecule has 0 aliphatic rings. The van der Waals surface area contributed by atoms with Crippen LogP contribution < -0.4 is 0 Å². The molecule has 2 nitrogen and oxygen atoms in total. The van der Waals surface area contributed by atoms with Crippen LogP contribution >= 0.6 is 10.3 Å². The zero-order valence-electron chi connectivity index (χ0n) is 16.9. The van der Waals surface area contributed by atoms with E-state index < -0.39 is 10.3 Å². The highest BCUT2D eigenvalue weighted by atomic mass is 32.3. The Labute approximate surface area is 179 Å². The van der Waals surface area contributed by atoms with Crippen molar-refractivity contribution in [1.29, 1.82) is 0 Å². The van der Waals surface area contributed by atoms with Crippen LogP contribution in [0.1, 0.15) is 11.1 Å². The first-order valence-corrected chi connectivity index (χ1v) is 11.5. The Morgan fingerprint density at radius 3 is 1.43 bits per heavy atom. The van der Waals surface area contributed by atoms with E-state index in [1.807, 2.05) is 85.8 Å². The summed E-state index contributed by atoms with van der Waals surface area (Å²) in [6.45, 7) is 2.04. The highest BCUT2D eigenvalue weighted by Gasteiger charge is 2.35. The van der Waals surface area contributed by atoms with Gasteiger partial charge in [0.05, 0.1) is 6.42 Å². The molecule has 0 atom stereocenters. The van der Waals surface area contributed by atoms with Gasteiger partial charge in [0.1, 0.15) is 0 Å². The van der Waals surface area contributed by atoms with E-state index in [0.29, 0.717) is 0 Å². The number of carbonyl (C=O) groups is 1. The summed E-state index contributed by atoms with van der Waals surface area (Å²) in [5.41, 5.74) is 2.12. The molecule has 0 aliphatic heterocycles. The smallest absolute Gasteiger partial charge is 0.321 e. The molecule has 0 aliphatic carbocycles. The Morgan fingerprint density at radius 1 is 0.633 bits per heavy atom. The summed E-state index contributed by atoms with van der Waals surface area (Å²) in [6, 6.07) is 38.3. The van der Waals surface area contributed by atoms with Gasteiger partial charge in [-0.2, -0.15) is 0 Å². The van der Waals surface area contributed by atoms with Crippen molar-refractivity contribution in [3.05, 3.63) is 126 Å². The van der Waals surface area contributed by atoms with E-state index in [-0.39, 0.29) is 12.4 Å². The average molecular weight is 413 g/mol. The Balaban J connectivity index is 1.82. The van der Waals surface area contributed by atoms with Gasteiger partial charge >= 0.3 is 5.97 Å². The van der Waals surface area contributed by atoms with E-state index >= 15 is 0 Å². The third-order valence-corrected chi connectivity index (χ3v) is 8.16. The molecule has 4 aromatic rings. The van der Waals surface area contributed by atoms with Gasteiger partial charge in [-0.05, 0) is 59.2 Å². The van der Waals surface area contributed by atoms with Crippen molar-refractivity contribution in [2.75, 3.05) is 0 Å². The minimum Gasteiger partial charge on any atom is -0.402 e. The number of hydrogen-bond donors (Lipinski definition) is 0. The van der Waals surface area contributed by atoms with Gasteiger partial charge in [-0.25, -0.2) is 0 Å². The molecular weight excluding hydrogens is 388 g/mol. The Morgan fingerprint density at radius 2 is 1.03 bits per heavy atom. The lowest BCUT2D eigenvalue weighted by Gasteiger charge is -2.39. The van der Waals surface area contributed by atoms with E-state index in [4.69, 9.17) is 4.18 Å². The van der Waals surface area contributed by atoms with E-state index in [2.05, 4.69) is 36.4 Å². The van der Waals surface area contributed by atoms with Gasteiger partial charge in [-0.15, -0.1) is 0 Å². The zero-order chi connectivity index (χ0) is 20.8. The molecule has 0 unspecified atom stereocenters. The standard InChI is InChI=1S/C27H24O2S/c1-22-17-19-23(20-18-22)21-27(28)29-30(24-11-5-2-6-12-24,25-13-7-3-8-14-25)26-15-9-4-10-16-26/h2-20H,21H2,1H3. The minimum absolute atomic E-state index is 0.231. The van der Waals surface area contributed by atoms with Crippen LogP contribution in [0.2, 0.25) is 0 Å². The van der Waals surface area contributed by atoms with Crippen LogP contribution in [0.15, 0.2) is 130 Å². The first kappa shape index (κ1) is 20.0. The number of carbonyl (C=O) groups excluding carboxylic acids is 1. The van der Waals surface area contributed by atoms with Crippen molar-refractivity contribution in [1.82, 2.24) is 0 Å². The average Bonchev–Trinajstić information content (AvgIpc) is 2.81. The molecule has 0 N–H and O–H groups in total. The molecule has 0 fully saturated rings. The summed E-state index contributed by atoms with van der Waals surface area (Å²) in [7, 11) is -2.21. The van der Waals surface area contributed by atoms with Gasteiger partial charge in [-0.1, -0.05) is 84.4 Å². The second kappa shape index (κ2) is 9.02. The normalized spacial score (nSPS) is 11.6. The number of hydrogen-bond acceptors (Lipinski definition) is 2. The Bertz CT molecular complexity index is 995. The van der Waals surface area contributed by atoms with Gasteiger partial charge in [0.2, 0.25) is 0 Å². The molecular formula is C27H24O2S. The molecule has 0 aromatic heterocycles. The van der Waals surface area contributed by atoms with Crippen LogP contribution in [0.3, 0.4) is 0 Å². The highest BCUT2D eigenvalue weighted by Crippen LogP contribution is 2.69. The van der Waals surface area contributed by atoms with E-state index in [9.17, 15) is 4.79 Å². The second-order valence-corrected chi connectivity index (χ2v) is 9.81. The Hall–Kier alpha value is -3.30. The largest absolute Gasteiger partial charge is 0.402 e. The van der Waals surface area contributed by atoms with Crippen molar-refractivity contribution in [2.24, 2.45) is 0 Å². The monoisotopic (exact) mass is 412 g/mol. The topological polar surface area (TPSA) is 26.3 Å². The molecule has 0 saturated heterocycles. The summed E-state index contributed by atoms with van der Waals surface area (Å²) in [5, 5.41) is 0. The lowest BCUT2D eigenvalue weighted by molar-refractivity contribution is -0.132. The lowest BCUT2D eigenvalue weighted by atomic mass is 10.1. The maximum absolute atomic E-state index is 13.2. The minimum atomic E-state index is -2.21. The van der Waals surface area contributed by atoms with E-state index in [1.165, 1.54) is 5.56 Å². The second-order valence-electron chi connectivity index (χ2n) is 7.11. The van der Waals surface area contributed by atoms with Gasteiger partial charge in [0, 0.05) is 14.7 Å². The van der Waals surface area contributed by atoms with Crippen LogP contribution in [0.25, 0.3) is 0 Å². The molecule has 4 aromatic carbocycles. The molecule has 150 valence electrons. The van der Waals surface area contributed by atoms with Crippen molar-refractivity contribution in [3.63, 3.8) is 0 Å². The molecule has 0 bridgehead atoms.